The molecule has 0 spiro atoms. The van der Waals surface area contributed by atoms with Crippen molar-refractivity contribution < 1.29 is 13.2 Å². The molecule has 0 aromatic heterocycles. The van der Waals surface area contributed by atoms with Gasteiger partial charge in [0.2, 0.25) is 0 Å². The molecule has 0 saturated carbocycles. The van der Waals surface area contributed by atoms with Crippen LogP contribution in [0.5, 0.6) is 0 Å². The Kier molecular flexibility index (Phi) is 6.94. The lowest BCUT2D eigenvalue weighted by atomic mass is 10.1. The Bertz CT molecular complexity index is 912. The molecule has 1 aliphatic rings. The lowest BCUT2D eigenvalue weighted by Crippen LogP contribution is -2.46. The molecule has 10 heteroatoms. The minimum Gasteiger partial charge on any atom is -0.375 e. The monoisotopic (exact) mass is 441 g/mol. The van der Waals surface area contributed by atoms with E-state index in [4.69, 9.17) is 17.3 Å². The quantitative estimate of drug-likeness (QED) is 0.424. The van der Waals surface area contributed by atoms with E-state index in [2.05, 4.69) is 22.7 Å². The first-order valence-corrected chi connectivity index (χ1v) is 9.61. The molecule has 29 heavy (non-hydrogen) atoms. The second kappa shape index (κ2) is 9.43. The number of nitrogens with one attached hydrogen (secondary N) is 1. The number of hydrazone groups is 1. The number of hydrogen-bond acceptors (Lipinski definition) is 4. The molecular weight excluding hydrogens is 423 g/mol. The summed E-state index contributed by atoms with van der Waals surface area (Å²) in [7, 11) is 0. The number of nitrogens with two attached hydrogens (primary N) is 1. The highest BCUT2D eigenvalue weighted by atomic mass is 35.5. The van der Waals surface area contributed by atoms with E-state index in [-0.39, 0.29) is 22.2 Å². The number of anilines is 1. The highest BCUT2D eigenvalue weighted by Gasteiger charge is 2.22. The Morgan fingerprint density at radius 3 is 2.52 bits per heavy atom. The van der Waals surface area contributed by atoms with Gasteiger partial charge in [0, 0.05) is 54.9 Å². The largest absolute Gasteiger partial charge is 0.375 e. The van der Waals surface area contributed by atoms with Crippen molar-refractivity contribution >= 4 is 40.8 Å². The van der Waals surface area contributed by atoms with Gasteiger partial charge in [0.15, 0.2) is 5.11 Å². The maximum Gasteiger partial charge on any atom is 0.184 e. The number of halogens is 4. The SMILES string of the molecule is NC(=S)NN=Cc1cc(F)c(N2CCN(Cc3c(F)cccc3Cl)CC2)cc1F. The van der Waals surface area contributed by atoms with Crippen LogP contribution in [0.1, 0.15) is 11.1 Å². The number of piperazine rings is 1. The normalized spacial score (nSPS) is 15.1. The Labute approximate surface area is 176 Å². The molecule has 3 rings (SSSR count). The van der Waals surface area contributed by atoms with Crippen LogP contribution in [0, 0.1) is 17.5 Å². The van der Waals surface area contributed by atoms with Crippen LogP contribution in [-0.4, -0.2) is 42.4 Å². The van der Waals surface area contributed by atoms with Crippen LogP contribution >= 0.6 is 23.8 Å². The van der Waals surface area contributed by atoms with Crippen LogP contribution in [0.25, 0.3) is 0 Å². The van der Waals surface area contributed by atoms with Gasteiger partial charge in [-0.2, -0.15) is 5.10 Å². The average Bonchev–Trinajstić information content (AvgIpc) is 2.67. The topological polar surface area (TPSA) is 56.9 Å². The van der Waals surface area contributed by atoms with E-state index in [0.717, 1.165) is 18.3 Å². The van der Waals surface area contributed by atoms with Gasteiger partial charge in [0.25, 0.3) is 0 Å². The van der Waals surface area contributed by atoms with E-state index in [0.29, 0.717) is 43.3 Å². The van der Waals surface area contributed by atoms with Crippen LogP contribution in [0.3, 0.4) is 0 Å². The minimum atomic E-state index is -0.615. The summed E-state index contributed by atoms with van der Waals surface area (Å²) in [6, 6.07) is 6.79. The second-order valence-electron chi connectivity index (χ2n) is 6.52. The average molecular weight is 442 g/mol. The number of nitrogens with zero attached hydrogens (tertiary/aromatic N) is 3. The van der Waals surface area contributed by atoms with Crippen molar-refractivity contribution in [1.29, 1.82) is 0 Å². The van der Waals surface area contributed by atoms with Gasteiger partial charge in [0.05, 0.1) is 11.9 Å². The van der Waals surface area contributed by atoms with Crippen LogP contribution in [-0.2, 0) is 6.54 Å². The van der Waals surface area contributed by atoms with Crippen molar-refractivity contribution in [3.05, 3.63) is 63.9 Å². The second-order valence-corrected chi connectivity index (χ2v) is 7.37. The molecular formula is C19H19ClF3N5S. The van der Waals surface area contributed by atoms with Crippen LogP contribution < -0.4 is 16.1 Å². The first-order chi connectivity index (χ1) is 13.8. The van der Waals surface area contributed by atoms with Gasteiger partial charge in [-0.15, -0.1) is 0 Å². The van der Waals surface area contributed by atoms with Gasteiger partial charge in [-0.05, 0) is 30.4 Å². The molecule has 0 amide bonds. The third kappa shape index (κ3) is 5.37. The molecule has 154 valence electrons. The summed E-state index contributed by atoms with van der Waals surface area (Å²) in [5.74, 6) is -1.53. The zero-order valence-corrected chi connectivity index (χ0v) is 16.9. The molecule has 0 atom stereocenters. The molecule has 0 radical (unpaired) electrons. The van der Waals surface area contributed by atoms with Gasteiger partial charge in [0.1, 0.15) is 17.5 Å². The Balaban J connectivity index is 1.65. The summed E-state index contributed by atoms with van der Waals surface area (Å²) in [6.45, 7) is 2.43. The summed E-state index contributed by atoms with van der Waals surface area (Å²) in [5.41, 5.74) is 8.10. The Hall–Kier alpha value is -2.36. The predicted molar refractivity (Wildman–Crippen MR) is 113 cm³/mol. The standard InChI is InChI=1S/C19H19ClF3N5S/c20-14-2-1-3-15(21)13(14)11-27-4-6-28(7-5-27)18-9-16(22)12(8-17(18)23)10-25-26-19(24)29/h1-3,8-10H,4-7,11H2,(H3,24,26,29). The maximum atomic E-state index is 14.5. The highest BCUT2D eigenvalue weighted by Crippen LogP contribution is 2.26. The number of rotatable bonds is 5. The van der Waals surface area contributed by atoms with Crippen LogP contribution in [0.2, 0.25) is 5.02 Å². The summed E-state index contributed by atoms with van der Waals surface area (Å²) in [4.78, 5) is 3.78. The van der Waals surface area contributed by atoms with Crippen molar-refractivity contribution in [3.63, 3.8) is 0 Å². The van der Waals surface area contributed by atoms with E-state index in [9.17, 15) is 13.2 Å². The van der Waals surface area contributed by atoms with Gasteiger partial charge in [-0.3, -0.25) is 10.3 Å². The van der Waals surface area contributed by atoms with Gasteiger partial charge < -0.3 is 10.6 Å². The van der Waals surface area contributed by atoms with Crippen molar-refractivity contribution in [3.8, 4) is 0 Å². The van der Waals surface area contributed by atoms with Gasteiger partial charge in [-0.25, -0.2) is 13.2 Å². The zero-order chi connectivity index (χ0) is 21.0. The lowest BCUT2D eigenvalue weighted by molar-refractivity contribution is 0.246. The minimum absolute atomic E-state index is 0.0252. The number of hydrogen-bond donors (Lipinski definition) is 2. The molecule has 0 aliphatic carbocycles. The molecule has 1 heterocycles. The van der Waals surface area contributed by atoms with E-state index < -0.39 is 11.6 Å². The van der Waals surface area contributed by atoms with Gasteiger partial charge >= 0.3 is 0 Å². The molecule has 3 N–H and O–H groups in total. The number of benzene rings is 2. The summed E-state index contributed by atoms with van der Waals surface area (Å²) in [5, 5.41) is 3.94. The zero-order valence-electron chi connectivity index (χ0n) is 15.3. The fraction of sp³-hybridized carbons (Fsp3) is 0.263. The summed E-state index contributed by atoms with van der Waals surface area (Å²) in [6.07, 6.45) is 1.11. The molecule has 1 aliphatic heterocycles. The molecule has 2 aromatic carbocycles. The van der Waals surface area contributed by atoms with E-state index in [1.807, 2.05) is 4.90 Å². The summed E-state index contributed by atoms with van der Waals surface area (Å²) < 4.78 is 42.8. The van der Waals surface area contributed by atoms with Crippen molar-refractivity contribution in [2.24, 2.45) is 10.8 Å². The third-order valence-corrected chi connectivity index (χ3v) is 5.05. The van der Waals surface area contributed by atoms with Crippen LogP contribution in [0.15, 0.2) is 35.4 Å². The lowest BCUT2D eigenvalue weighted by Gasteiger charge is -2.36. The molecule has 2 aromatic rings. The molecule has 1 fully saturated rings. The van der Waals surface area contributed by atoms with Crippen LogP contribution in [0.4, 0.5) is 18.9 Å². The number of thiocarbonyl (C=S) groups is 1. The molecule has 1 saturated heterocycles. The molecule has 0 bridgehead atoms. The first kappa shape index (κ1) is 21.4. The van der Waals surface area contributed by atoms with E-state index in [1.165, 1.54) is 6.07 Å². The summed E-state index contributed by atoms with van der Waals surface area (Å²) >= 11 is 10.7. The fourth-order valence-electron chi connectivity index (χ4n) is 3.11. The first-order valence-electron chi connectivity index (χ1n) is 8.83. The van der Waals surface area contributed by atoms with Gasteiger partial charge in [-0.1, -0.05) is 17.7 Å². The molecule has 5 nitrogen and oxygen atoms in total. The maximum absolute atomic E-state index is 14.5. The third-order valence-electron chi connectivity index (χ3n) is 4.60. The van der Waals surface area contributed by atoms with E-state index >= 15 is 0 Å². The predicted octanol–water partition coefficient (Wildman–Crippen LogP) is 3.25. The smallest absolute Gasteiger partial charge is 0.184 e. The van der Waals surface area contributed by atoms with Crippen molar-refractivity contribution in [2.75, 3.05) is 31.1 Å². The highest BCUT2D eigenvalue weighted by molar-refractivity contribution is 7.80. The van der Waals surface area contributed by atoms with E-state index in [1.54, 1.807) is 17.0 Å². The Morgan fingerprint density at radius 1 is 1.14 bits per heavy atom. The van der Waals surface area contributed by atoms with Crippen molar-refractivity contribution in [2.45, 2.75) is 6.54 Å². The fourth-order valence-corrected chi connectivity index (χ4v) is 3.39. The Morgan fingerprint density at radius 2 is 1.86 bits per heavy atom. The van der Waals surface area contributed by atoms with Crippen molar-refractivity contribution in [1.82, 2.24) is 10.3 Å². The molecule has 0 unspecified atom stereocenters.